The minimum absolute atomic E-state index is 0.120. The number of furan rings is 1. The molecule has 1 heterocycles. The van der Waals surface area contributed by atoms with Crippen molar-refractivity contribution in [2.24, 2.45) is 0 Å². The van der Waals surface area contributed by atoms with Gasteiger partial charge in [-0.3, -0.25) is 4.79 Å². The van der Waals surface area contributed by atoms with Gasteiger partial charge in [0.05, 0.1) is 0 Å². The average Bonchev–Trinajstić information content (AvgIpc) is 2.98. The number of aryl methyl sites for hydroxylation is 1. The summed E-state index contributed by atoms with van der Waals surface area (Å²) in [5.74, 6) is 1.71. The van der Waals surface area contributed by atoms with E-state index in [1.54, 1.807) is 6.07 Å². The quantitative estimate of drug-likeness (QED) is 0.762. The lowest BCUT2D eigenvalue weighted by atomic mass is 10.1. The van der Waals surface area contributed by atoms with Gasteiger partial charge in [-0.2, -0.15) is 0 Å². The smallest absolute Gasteiger partial charge is 0.287 e. The number of carbonyl (C=O) groups excluding carboxylic acids is 1. The van der Waals surface area contributed by atoms with Crippen molar-refractivity contribution in [3.05, 3.63) is 53.5 Å². The van der Waals surface area contributed by atoms with E-state index in [1.807, 2.05) is 18.2 Å². The number of ether oxygens (including phenoxy) is 1. The molecular formula is C21H27NO3. The van der Waals surface area contributed by atoms with Gasteiger partial charge in [-0.25, -0.2) is 0 Å². The first-order chi connectivity index (χ1) is 12.2. The highest BCUT2D eigenvalue weighted by Gasteiger charge is 2.18. The number of rotatable bonds is 6. The standard InChI is InChI=1S/C21H27NO3/c1-2-16-9-11-18(12-10-16)24-15-19-13-14-20(25-19)21(23)22-17-7-5-3-4-6-8-17/h9-14,17H,2-8,15H2,1H3,(H,22,23). The molecule has 134 valence electrons. The van der Waals surface area contributed by atoms with Crippen LogP contribution in [0.25, 0.3) is 0 Å². The largest absolute Gasteiger partial charge is 0.486 e. The van der Waals surface area contributed by atoms with E-state index in [9.17, 15) is 4.79 Å². The minimum Gasteiger partial charge on any atom is -0.486 e. The Balaban J connectivity index is 1.51. The zero-order chi connectivity index (χ0) is 17.5. The molecule has 0 bridgehead atoms. The molecule has 1 aromatic heterocycles. The Labute approximate surface area is 149 Å². The summed E-state index contributed by atoms with van der Waals surface area (Å²) in [5.41, 5.74) is 1.28. The lowest BCUT2D eigenvalue weighted by Crippen LogP contribution is -2.34. The van der Waals surface area contributed by atoms with Crippen LogP contribution in [0.2, 0.25) is 0 Å². The van der Waals surface area contributed by atoms with Crippen molar-refractivity contribution in [1.29, 1.82) is 0 Å². The molecule has 4 nitrogen and oxygen atoms in total. The van der Waals surface area contributed by atoms with E-state index >= 15 is 0 Å². The van der Waals surface area contributed by atoms with Crippen LogP contribution in [-0.2, 0) is 13.0 Å². The first-order valence-electron chi connectivity index (χ1n) is 9.36. The van der Waals surface area contributed by atoms with Crippen LogP contribution in [0.1, 0.15) is 67.3 Å². The fourth-order valence-electron chi connectivity index (χ4n) is 3.23. The monoisotopic (exact) mass is 341 g/mol. The maximum absolute atomic E-state index is 12.3. The Morgan fingerprint density at radius 3 is 2.48 bits per heavy atom. The summed E-state index contributed by atoms with van der Waals surface area (Å²) in [6.45, 7) is 2.45. The molecule has 1 amide bonds. The summed E-state index contributed by atoms with van der Waals surface area (Å²) in [4.78, 5) is 12.3. The second-order valence-electron chi connectivity index (χ2n) is 6.71. The van der Waals surface area contributed by atoms with Gasteiger partial charge in [-0.15, -0.1) is 0 Å². The summed E-state index contributed by atoms with van der Waals surface area (Å²) < 4.78 is 11.4. The van der Waals surface area contributed by atoms with Crippen molar-refractivity contribution in [1.82, 2.24) is 5.32 Å². The highest BCUT2D eigenvalue weighted by Crippen LogP contribution is 2.19. The molecule has 1 aliphatic rings. The lowest BCUT2D eigenvalue weighted by molar-refractivity contribution is 0.0901. The van der Waals surface area contributed by atoms with Gasteiger partial charge < -0.3 is 14.5 Å². The highest BCUT2D eigenvalue weighted by atomic mass is 16.5. The van der Waals surface area contributed by atoms with Crippen LogP contribution in [0.15, 0.2) is 40.8 Å². The van der Waals surface area contributed by atoms with Crippen LogP contribution in [0.4, 0.5) is 0 Å². The summed E-state index contributed by atoms with van der Waals surface area (Å²) in [6, 6.07) is 11.8. The van der Waals surface area contributed by atoms with E-state index in [4.69, 9.17) is 9.15 Å². The fraction of sp³-hybridized carbons (Fsp3) is 0.476. The number of benzene rings is 1. The van der Waals surface area contributed by atoms with Gasteiger partial charge in [0.1, 0.15) is 18.1 Å². The van der Waals surface area contributed by atoms with Crippen LogP contribution < -0.4 is 10.1 Å². The summed E-state index contributed by atoms with van der Waals surface area (Å²) >= 11 is 0. The normalized spacial score (nSPS) is 15.6. The molecule has 1 aliphatic carbocycles. The molecule has 4 heteroatoms. The summed E-state index contributed by atoms with van der Waals surface area (Å²) in [5, 5.41) is 3.10. The van der Waals surface area contributed by atoms with Crippen molar-refractivity contribution in [2.45, 2.75) is 64.5 Å². The van der Waals surface area contributed by atoms with Crippen LogP contribution in [-0.4, -0.2) is 11.9 Å². The molecule has 1 N–H and O–H groups in total. The topological polar surface area (TPSA) is 51.5 Å². The molecule has 0 spiro atoms. The molecule has 1 saturated carbocycles. The van der Waals surface area contributed by atoms with Crippen LogP contribution in [0, 0.1) is 0 Å². The Bertz CT molecular complexity index is 667. The van der Waals surface area contributed by atoms with Crippen LogP contribution in [0.3, 0.4) is 0 Å². The van der Waals surface area contributed by atoms with Crippen molar-refractivity contribution < 1.29 is 13.9 Å². The molecule has 3 rings (SSSR count). The Morgan fingerprint density at radius 1 is 1.08 bits per heavy atom. The van der Waals surface area contributed by atoms with E-state index in [0.717, 1.165) is 25.0 Å². The Hall–Kier alpha value is -2.23. The Morgan fingerprint density at radius 2 is 1.80 bits per heavy atom. The number of nitrogens with one attached hydrogen (secondary N) is 1. The van der Waals surface area contributed by atoms with E-state index in [-0.39, 0.29) is 11.9 Å². The van der Waals surface area contributed by atoms with Gasteiger partial charge in [-0.1, -0.05) is 44.7 Å². The third kappa shape index (κ3) is 5.12. The van der Waals surface area contributed by atoms with E-state index in [0.29, 0.717) is 18.1 Å². The van der Waals surface area contributed by atoms with E-state index in [1.165, 1.54) is 31.2 Å². The predicted octanol–water partition coefficient (Wildman–Crippen LogP) is 4.87. The second kappa shape index (κ2) is 8.75. The molecule has 0 saturated heterocycles. The summed E-state index contributed by atoms with van der Waals surface area (Å²) in [7, 11) is 0. The molecule has 25 heavy (non-hydrogen) atoms. The molecule has 0 unspecified atom stereocenters. The molecule has 2 aromatic rings. The zero-order valence-electron chi connectivity index (χ0n) is 14.9. The highest BCUT2D eigenvalue weighted by molar-refractivity contribution is 5.91. The maximum Gasteiger partial charge on any atom is 0.287 e. The molecule has 0 atom stereocenters. The predicted molar refractivity (Wildman–Crippen MR) is 97.8 cm³/mol. The van der Waals surface area contributed by atoms with Gasteiger partial charge >= 0.3 is 0 Å². The van der Waals surface area contributed by atoms with E-state index < -0.39 is 0 Å². The van der Waals surface area contributed by atoms with Gasteiger partial charge in [0.25, 0.3) is 5.91 Å². The first kappa shape index (κ1) is 17.6. The average molecular weight is 341 g/mol. The molecule has 0 aliphatic heterocycles. The van der Waals surface area contributed by atoms with Gasteiger partial charge in [0, 0.05) is 6.04 Å². The number of hydrogen-bond donors (Lipinski definition) is 1. The van der Waals surface area contributed by atoms with Gasteiger partial charge in [0.15, 0.2) is 5.76 Å². The molecule has 0 radical (unpaired) electrons. The minimum atomic E-state index is -0.120. The molecule has 1 fully saturated rings. The van der Waals surface area contributed by atoms with Crippen molar-refractivity contribution in [3.8, 4) is 5.75 Å². The zero-order valence-corrected chi connectivity index (χ0v) is 14.9. The molecular weight excluding hydrogens is 314 g/mol. The summed E-state index contributed by atoms with van der Waals surface area (Å²) in [6.07, 6.45) is 8.07. The van der Waals surface area contributed by atoms with Crippen LogP contribution in [0.5, 0.6) is 5.75 Å². The fourth-order valence-corrected chi connectivity index (χ4v) is 3.23. The van der Waals surface area contributed by atoms with Crippen molar-refractivity contribution >= 4 is 5.91 Å². The number of amides is 1. The van der Waals surface area contributed by atoms with Gasteiger partial charge in [-0.05, 0) is 49.1 Å². The SMILES string of the molecule is CCc1ccc(OCc2ccc(C(=O)NC3CCCCCC3)o2)cc1. The Kier molecular flexibility index (Phi) is 6.15. The molecule has 1 aromatic carbocycles. The van der Waals surface area contributed by atoms with Gasteiger partial charge in [0.2, 0.25) is 0 Å². The van der Waals surface area contributed by atoms with E-state index in [2.05, 4.69) is 24.4 Å². The van der Waals surface area contributed by atoms with Crippen molar-refractivity contribution in [2.75, 3.05) is 0 Å². The number of carbonyl (C=O) groups is 1. The third-order valence-electron chi connectivity index (χ3n) is 4.79. The lowest BCUT2D eigenvalue weighted by Gasteiger charge is -2.15. The van der Waals surface area contributed by atoms with Crippen molar-refractivity contribution in [3.63, 3.8) is 0 Å². The third-order valence-corrected chi connectivity index (χ3v) is 4.79. The second-order valence-corrected chi connectivity index (χ2v) is 6.71. The maximum atomic E-state index is 12.3. The number of hydrogen-bond acceptors (Lipinski definition) is 3. The van der Waals surface area contributed by atoms with Crippen LogP contribution >= 0.6 is 0 Å². The first-order valence-corrected chi connectivity index (χ1v) is 9.36.